The lowest BCUT2D eigenvalue weighted by molar-refractivity contribution is -0.134. The number of aliphatic carboxylic acids is 2. The maximum Gasteiger partial charge on any atom is 0.328 e. The van der Waals surface area contributed by atoms with Crippen LogP contribution in [-0.4, -0.2) is 40.6 Å². The normalized spacial score (nSPS) is 37.5. The largest absolute Gasteiger partial charge is 0.478 e. The lowest BCUT2D eigenvalue weighted by Gasteiger charge is -2.60. The number of hydrogen-bond donors (Lipinski definition) is 3. The molecular weight excluding hydrogens is 362 g/mol. The Kier molecular flexibility index (Phi) is 6.26. The second kappa shape index (κ2) is 7.79. The molecular formula is C17H26BrNO4. The molecule has 4 bridgehead atoms. The van der Waals surface area contributed by atoms with E-state index in [2.05, 4.69) is 28.3 Å². The summed E-state index contributed by atoms with van der Waals surface area (Å²) in [6.45, 7) is 1.20. The van der Waals surface area contributed by atoms with E-state index in [9.17, 15) is 9.59 Å². The Balaban J connectivity index is 0.000000207. The van der Waals surface area contributed by atoms with E-state index < -0.39 is 11.9 Å². The molecule has 0 amide bonds. The lowest BCUT2D eigenvalue weighted by atomic mass is 9.49. The molecule has 4 aliphatic carbocycles. The molecule has 4 fully saturated rings. The minimum atomic E-state index is -1.26. The van der Waals surface area contributed by atoms with Gasteiger partial charge in [-0.15, -0.1) is 0 Å². The molecule has 6 heteroatoms. The first kappa shape index (κ1) is 18.5. The van der Waals surface area contributed by atoms with Gasteiger partial charge in [0, 0.05) is 17.0 Å². The van der Waals surface area contributed by atoms with Crippen molar-refractivity contribution in [1.82, 2.24) is 5.32 Å². The van der Waals surface area contributed by atoms with Crippen molar-refractivity contribution in [1.29, 1.82) is 0 Å². The molecule has 0 radical (unpaired) electrons. The second-order valence-electron chi connectivity index (χ2n) is 7.23. The van der Waals surface area contributed by atoms with Crippen LogP contribution in [0.15, 0.2) is 12.2 Å². The van der Waals surface area contributed by atoms with E-state index in [-0.39, 0.29) is 0 Å². The van der Waals surface area contributed by atoms with Crippen LogP contribution in [0, 0.1) is 23.2 Å². The van der Waals surface area contributed by atoms with E-state index in [1.165, 1.54) is 38.6 Å². The molecule has 0 aromatic rings. The number of hydrogen-bond acceptors (Lipinski definition) is 3. The molecule has 4 aliphatic rings. The first-order chi connectivity index (χ1) is 10.9. The van der Waals surface area contributed by atoms with Crippen molar-refractivity contribution in [2.24, 2.45) is 23.2 Å². The van der Waals surface area contributed by atoms with Gasteiger partial charge in [-0.25, -0.2) is 9.59 Å². The van der Waals surface area contributed by atoms with Crippen molar-refractivity contribution in [3.63, 3.8) is 0 Å². The zero-order valence-corrected chi connectivity index (χ0v) is 15.1. The van der Waals surface area contributed by atoms with Crippen LogP contribution in [0.1, 0.15) is 38.5 Å². The summed E-state index contributed by atoms with van der Waals surface area (Å²) in [7, 11) is 2.09. The smallest absolute Gasteiger partial charge is 0.328 e. The predicted molar refractivity (Wildman–Crippen MR) is 91.7 cm³/mol. The number of nitrogens with one attached hydrogen (secondary N) is 1. The highest BCUT2D eigenvalue weighted by Crippen LogP contribution is 2.63. The van der Waals surface area contributed by atoms with Crippen LogP contribution in [0.2, 0.25) is 0 Å². The van der Waals surface area contributed by atoms with Crippen molar-refractivity contribution in [3.05, 3.63) is 12.2 Å². The van der Waals surface area contributed by atoms with Crippen LogP contribution in [-0.2, 0) is 9.59 Å². The van der Waals surface area contributed by atoms with Crippen LogP contribution in [0.5, 0.6) is 0 Å². The van der Waals surface area contributed by atoms with E-state index >= 15 is 0 Å². The zero-order valence-electron chi connectivity index (χ0n) is 13.5. The third-order valence-corrected chi connectivity index (χ3v) is 7.29. The maximum atomic E-state index is 9.55. The highest BCUT2D eigenvalue weighted by Gasteiger charge is 2.55. The van der Waals surface area contributed by atoms with E-state index in [0.29, 0.717) is 17.6 Å². The molecule has 0 aliphatic heterocycles. The van der Waals surface area contributed by atoms with E-state index in [4.69, 9.17) is 10.2 Å². The molecule has 0 saturated heterocycles. The molecule has 130 valence electrons. The summed E-state index contributed by atoms with van der Waals surface area (Å²) in [6, 6.07) is 0. The van der Waals surface area contributed by atoms with Gasteiger partial charge in [-0.05, 0) is 75.3 Å². The van der Waals surface area contributed by atoms with Crippen LogP contribution in [0.25, 0.3) is 0 Å². The summed E-state index contributed by atoms with van der Waals surface area (Å²) in [5, 5.41) is 19.0. The first-order valence-electron chi connectivity index (χ1n) is 8.29. The summed E-state index contributed by atoms with van der Waals surface area (Å²) in [5.74, 6) is 0.647. The quantitative estimate of drug-likeness (QED) is 0.498. The minimum absolute atomic E-state index is 0.558. The number of alkyl halides is 1. The van der Waals surface area contributed by atoms with Gasteiger partial charge in [0.2, 0.25) is 0 Å². The first-order valence-corrected chi connectivity index (χ1v) is 9.20. The molecule has 4 saturated carbocycles. The van der Waals surface area contributed by atoms with Gasteiger partial charge in [-0.3, -0.25) is 0 Å². The van der Waals surface area contributed by atoms with Gasteiger partial charge in [-0.2, -0.15) is 0 Å². The molecule has 0 aromatic carbocycles. The summed E-state index contributed by atoms with van der Waals surface area (Å²) in [6.07, 6.45) is 10.1. The maximum absolute atomic E-state index is 9.55. The Labute approximate surface area is 145 Å². The minimum Gasteiger partial charge on any atom is -0.478 e. The number of carboxylic acids is 2. The van der Waals surface area contributed by atoms with Crippen LogP contribution < -0.4 is 5.32 Å². The summed E-state index contributed by atoms with van der Waals surface area (Å²) in [4.78, 5) is 19.9. The fourth-order valence-electron chi connectivity index (χ4n) is 5.01. The highest BCUT2D eigenvalue weighted by atomic mass is 79.9. The summed E-state index contributed by atoms with van der Waals surface area (Å²) < 4.78 is 0. The fourth-order valence-corrected chi connectivity index (χ4v) is 6.04. The molecule has 3 unspecified atom stereocenters. The van der Waals surface area contributed by atoms with Gasteiger partial charge in [0.05, 0.1) is 0 Å². The van der Waals surface area contributed by atoms with Crippen LogP contribution in [0.4, 0.5) is 0 Å². The number of carbonyl (C=O) groups is 2. The lowest BCUT2D eigenvalue weighted by Crippen LogP contribution is -2.54. The van der Waals surface area contributed by atoms with Crippen molar-refractivity contribution in [2.45, 2.75) is 43.4 Å². The Morgan fingerprint density at radius 1 is 1.13 bits per heavy atom. The third-order valence-electron chi connectivity index (χ3n) is 5.57. The Morgan fingerprint density at radius 2 is 1.65 bits per heavy atom. The average Bonchev–Trinajstić information content (AvgIpc) is 2.48. The third kappa shape index (κ3) is 4.57. The van der Waals surface area contributed by atoms with Gasteiger partial charge >= 0.3 is 11.9 Å². The average molecular weight is 388 g/mol. The van der Waals surface area contributed by atoms with Gasteiger partial charge in [-0.1, -0.05) is 15.9 Å². The van der Waals surface area contributed by atoms with E-state index in [1.807, 2.05) is 0 Å². The molecule has 5 nitrogen and oxygen atoms in total. The Morgan fingerprint density at radius 3 is 2.09 bits per heavy atom. The van der Waals surface area contributed by atoms with Crippen molar-refractivity contribution in [3.8, 4) is 0 Å². The van der Waals surface area contributed by atoms with E-state index in [1.54, 1.807) is 6.42 Å². The Bertz CT molecular complexity index is 449. The monoisotopic (exact) mass is 387 g/mol. The molecule has 23 heavy (non-hydrogen) atoms. The number of carboxylic acid groups (broad SMARTS) is 2. The Hall–Kier alpha value is -0.880. The SMILES string of the molecule is CNCCC12CC3CC(CC(C3)C1Br)C2.O=C(O)/C=C\C(=O)O. The summed E-state index contributed by atoms with van der Waals surface area (Å²) >= 11 is 4.04. The fraction of sp³-hybridized carbons (Fsp3) is 0.765. The molecule has 0 aromatic heterocycles. The number of rotatable bonds is 5. The molecule has 4 rings (SSSR count). The van der Waals surface area contributed by atoms with Crippen LogP contribution >= 0.6 is 15.9 Å². The van der Waals surface area contributed by atoms with Crippen molar-refractivity contribution >= 4 is 27.9 Å². The van der Waals surface area contributed by atoms with Gasteiger partial charge in [0.15, 0.2) is 0 Å². The van der Waals surface area contributed by atoms with E-state index in [0.717, 1.165) is 22.6 Å². The molecule has 0 heterocycles. The predicted octanol–water partition coefficient (Wildman–Crippen LogP) is 2.90. The zero-order chi connectivity index (χ0) is 17.0. The van der Waals surface area contributed by atoms with Crippen molar-refractivity contribution < 1.29 is 19.8 Å². The standard InChI is InChI=1S/C13H22BrN.C4H4O4/c1-15-3-2-13-7-9-4-10(8-13)6-11(5-9)12(13)14;5-3(6)1-2-4(7)8/h9-12,15H,2-8H2,1H3;1-2H,(H,5,6)(H,7,8)/b;2-1-. The van der Waals surface area contributed by atoms with Gasteiger partial charge in [0.25, 0.3) is 0 Å². The summed E-state index contributed by atoms with van der Waals surface area (Å²) in [5.41, 5.74) is 0.664. The van der Waals surface area contributed by atoms with Gasteiger partial charge < -0.3 is 15.5 Å². The van der Waals surface area contributed by atoms with Gasteiger partial charge in [0.1, 0.15) is 0 Å². The second-order valence-corrected chi connectivity index (χ2v) is 8.22. The topological polar surface area (TPSA) is 86.6 Å². The highest BCUT2D eigenvalue weighted by molar-refractivity contribution is 9.09. The van der Waals surface area contributed by atoms with Crippen LogP contribution in [0.3, 0.4) is 0 Å². The molecule has 3 N–H and O–H groups in total. The van der Waals surface area contributed by atoms with Crippen molar-refractivity contribution in [2.75, 3.05) is 13.6 Å². The molecule has 3 atom stereocenters. The molecule has 0 spiro atoms. The number of halogens is 1.